The van der Waals surface area contributed by atoms with Crippen molar-refractivity contribution in [3.63, 3.8) is 0 Å². The molecule has 1 saturated heterocycles. The van der Waals surface area contributed by atoms with Gasteiger partial charge in [-0.05, 0) is 75.9 Å². The molecule has 0 unspecified atom stereocenters. The number of carbonyl (C=O) groups excluding carboxylic acids is 1. The molecule has 1 aliphatic rings. The van der Waals surface area contributed by atoms with Gasteiger partial charge in [0.05, 0.1) is 18.7 Å². The van der Waals surface area contributed by atoms with Gasteiger partial charge in [0, 0.05) is 0 Å². The fourth-order valence-electron chi connectivity index (χ4n) is 2.79. The molecule has 0 radical (unpaired) electrons. The van der Waals surface area contributed by atoms with Crippen LogP contribution in [0.5, 0.6) is 5.75 Å². The van der Waals surface area contributed by atoms with E-state index in [0.29, 0.717) is 13.2 Å². The minimum atomic E-state index is 0.177. The van der Waals surface area contributed by atoms with Crippen LogP contribution in [0.4, 0.5) is 0 Å². The third-order valence-electron chi connectivity index (χ3n) is 4.44. The van der Waals surface area contributed by atoms with Gasteiger partial charge in [-0.15, -0.1) is 0 Å². The first kappa shape index (κ1) is 16.0. The number of likely N-dealkylation sites (tertiary alicyclic amines) is 1. The maximum Gasteiger partial charge on any atom is 0.180 e. The van der Waals surface area contributed by atoms with Gasteiger partial charge >= 0.3 is 0 Å². The third kappa shape index (κ3) is 4.07. The number of ether oxygens (including phenoxy) is 1. The lowest BCUT2D eigenvalue weighted by Crippen LogP contribution is -2.36. The van der Waals surface area contributed by atoms with Crippen LogP contribution in [-0.2, 0) is 0 Å². The van der Waals surface area contributed by atoms with Gasteiger partial charge in [0.1, 0.15) is 5.75 Å². The van der Waals surface area contributed by atoms with E-state index in [0.717, 1.165) is 35.9 Å². The van der Waals surface area contributed by atoms with Crippen LogP contribution >= 0.6 is 0 Å². The van der Waals surface area contributed by atoms with Gasteiger partial charge in [0.2, 0.25) is 0 Å². The molecule has 3 nitrogen and oxygen atoms in total. The molecule has 3 heteroatoms. The van der Waals surface area contributed by atoms with E-state index in [1.807, 2.05) is 26.0 Å². The molecule has 0 amide bonds. The van der Waals surface area contributed by atoms with Crippen LogP contribution in [0.25, 0.3) is 0 Å². The van der Waals surface area contributed by atoms with Gasteiger partial charge < -0.3 is 4.74 Å². The number of hydrogen-bond acceptors (Lipinski definition) is 3. The van der Waals surface area contributed by atoms with E-state index in [9.17, 15) is 4.79 Å². The van der Waals surface area contributed by atoms with Crippen molar-refractivity contribution in [1.82, 2.24) is 4.90 Å². The van der Waals surface area contributed by atoms with E-state index in [1.54, 1.807) is 0 Å². The van der Waals surface area contributed by atoms with Crippen LogP contribution in [0.15, 0.2) is 12.1 Å². The molecule has 0 saturated carbocycles. The van der Waals surface area contributed by atoms with Crippen LogP contribution in [0.2, 0.25) is 0 Å². The zero-order valence-electron chi connectivity index (χ0n) is 13.7. The van der Waals surface area contributed by atoms with Gasteiger partial charge in [0.25, 0.3) is 0 Å². The van der Waals surface area contributed by atoms with E-state index in [1.165, 1.54) is 18.4 Å². The highest BCUT2D eigenvalue weighted by molar-refractivity contribution is 6.00. The molecule has 1 aromatic carbocycles. The number of aryl methyl sites for hydroxylation is 2. The van der Waals surface area contributed by atoms with Crippen molar-refractivity contribution < 1.29 is 9.53 Å². The monoisotopic (exact) mass is 289 g/mol. The summed E-state index contributed by atoms with van der Waals surface area (Å²) in [5.74, 6) is 1.70. The lowest BCUT2D eigenvalue weighted by Gasteiger charge is -2.29. The molecule has 0 spiro atoms. The molecule has 21 heavy (non-hydrogen) atoms. The zero-order valence-corrected chi connectivity index (χ0v) is 13.7. The van der Waals surface area contributed by atoms with Crippen molar-refractivity contribution in [3.8, 4) is 5.75 Å². The summed E-state index contributed by atoms with van der Waals surface area (Å²) < 4.78 is 5.66. The summed E-state index contributed by atoms with van der Waals surface area (Å²) in [6.07, 6.45) is 2.39. The number of nitrogens with zero attached hydrogens (tertiary/aromatic N) is 1. The van der Waals surface area contributed by atoms with Crippen molar-refractivity contribution in [3.05, 3.63) is 28.8 Å². The first-order valence-corrected chi connectivity index (χ1v) is 8.00. The Morgan fingerprint density at radius 2 is 1.86 bits per heavy atom. The molecule has 2 rings (SSSR count). The topological polar surface area (TPSA) is 29.5 Å². The molecule has 0 N–H and O–H groups in total. The number of piperidine rings is 1. The van der Waals surface area contributed by atoms with E-state index >= 15 is 0 Å². The molecular formula is C18H27NO2. The van der Waals surface area contributed by atoms with Crippen LogP contribution < -0.4 is 4.74 Å². The maximum absolute atomic E-state index is 12.6. The zero-order chi connectivity index (χ0) is 15.4. The van der Waals surface area contributed by atoms with Gasteiger partial charge in [0.15, 0.2) is 5.78 Å². The van der Waals surface area contributed by atoms with Gasteiger partial charge in [-0.1, -0.05) is 6.92 Å². The van der Waals surface area contributed by atoms with Crippen molar-refractivity contribution in [1.29, 1.82) is 0 Å². The predicted molar refractivity (Wildman–Crippen MR) is 86.3 cm³/mol. The molecule has 0 aliphatic carbocycles. The van der Waals surface area contributed by atoms with E-state index in [2.05, 4.69) is 18.7 Å². The summed E-state index contributed by atoms with van der Waals surface area (Å²) in [7, 11) is 0. The first-order chi connectivity index (χ1) is 10.0. The Morgan fingerprint density at radius 3 is 2.48 bits per heavy atom. The van der Waals surface area contributed by atoms with Crippen molar-refractivity contribution >= 4 is 5.78 Å². The highest BCUT2D eigenvalue weighted by Crippen LogP contribution is 2.25. The molecule has 1 aromatic rings. The number of Topliss-reactive ketones (excluding diaryl/α,β-unsaturated/α-hetero) is 1. The molecule has 0 bridgehead atoms. The van der Waals surface area contributed by atoms with Crippen LogP contribution in [0.1, 0.15) is 48.2 Å². The Balaban J connectivity index is 2.12. The summed E-state index contributed by atoms with van der Waals surface area (Å²) in [6.45, 7) is 11.5. The number of carbonyl (C=O) groups is 1. The SMILES string of the molecule is CCOc1cc(C)c(C)cc1C(=O)CN1CCC(C)CC1. The Kier molecular flexibility index (Phi) is 5.40. The Morgan fingerprint density at radius 1 is 1.24 bits per heavy atom. The standard InChI is InChI=1S/C18H27NO2/c1-5-21-18-11-15(4)14(3)10-16(18)17(20)12-19-8-6-13(2)7-9-19/h10-11,13H,5-9,12H2,1-4H3. The quantitative estimate of drug-likeness (QED) is 0.775. The molecular weight excluding hydrogens is 262 g/mol. The normalized spacial score (nSPS) is 17.0. The van der Waals surface area contributed by atoms with Crippen LogP contribution in [-0.4, -0.2) is 36.9 Å². The fraction of sp³-hybridized carbons (Fsp3) is 0.611. The van der Waals surface area contributed by atoms with E-state index in [4.69, 9.17) is 4.74 Å². The van der Waals surface area contributed by atoms with Crippen molar-refractivity contribution in [2.24, 2.45) is 5.92 Å². The highest BCUT2D eigenvalue weighted by Gasteiger charge is 2.21. The van der Waals surface area contributed by atoms with E-state index in [-0.39, 0.29) is 5.78 Å². The first-order valence-electron chi connectivity index (χ1n) is 8.00. The highest BCUT2D eigenvalue weighted by atomic mass is 16.5. The molecule has 1 heterocycles. The largest absolute Gasteiger partial charge is 0.493 e. The average Bonchev–Trinajstić information content (AvgIpc) is 2.45. The lowest BCUT2D eigenvalue weighted by molar-refractivity contribution is 0.0896. The molecule has 1 fully saturated rings. The number of ketones is 1. The summed E-state index contributed by atoms with van der Waals surface area (Å²) in [5, 5.41) is 0. The Bertz CT molecular complexity index is 502. The van der Waals surface area contributed by atoms with Crippen LogP contribution in [0.3, 0.4) is 0 Å². The van der Waals surface area contributed by atoms with Crippen molar-refractivity contribution in [2.75, 3.05) is 26.2 Å². The summed E-state index contributed by atoms with van der Waals surface area (Å²) in [5.41, 5.74) is 3.05. The second-order valence-corrected chi connectivity index (χ2v) is 6.25. The second kappa shape index (κ2) is 7.08. The van der Waals surface area contributed by atoms with Gasteiger partial charge in [-0.25, -0.2) is 0 Å². The smallest absolute Gasteiger partial charge is 0.180 e. The third-order valence-corrected chi connectivity index (χ3v) is 4.44. The average molecular weight is 289 g/mol. The fourth-order valence-corrected chi connectivity index (χ4v) is 2.79. The molecule has 0 atom stereocenters. The van der Waals surface area contributed by atoms with Gasteiger partial charge in [-0.2, -0.15) is 0 Å². The molecule has 116 valence electrons. The number of rotatable bonds is 5. The van der Waals surface area contributed by atoms with E-state index < -0.39 is 0 Å². The maximum atomic E-state index is 12.6. The number of hydrogen-bond donors (Lipinski definition) is 0. The summed E-state index contributed by atoms with van der Waals surface area (Å²) in [4.78, 5) is 14.9. The molecule has 0 aromatic heterocycles. The van der Waals surface area contributed by atoms with Crippen molar-refractivity contribution in [2.45, 2.75) is 40.5 Å². The minimum absolute atomic E-state index is 0.177. The Hall–Kier alpha value is -1.35. The second-order valence-electron chi connectivity index (χ2n) is 6.25. The number of benzene rings is 1. The predicted octanol–water partition coefficient (Wildman–Crippen LogP) is 3.62. The molecule has 1 aliphatic heterocycles. The van der Waals surface area contributed by atoms with Crippen LogP contribution in [0, 0.1) is 19.8 Å². The lowest BCUT2D eigenvalue weighted by atomic mass is 9.98. The minimum Gasteiger partial charge on any atom is -0.493 e. The Labute approximate surface area is 128 Å². The van der Waals surface area contributed by atoms with Gasteiger partial charge in [-0.3, -0.25) is 9.69 Å². The summed E-state index contributed by atoms with van der Waals surface area (Å²) >= 11 is 0. The summed E-state index contributed by atoms with van der Waals surface area (Å²) in [6, 6.07) is 3.97.